The van der Waals surface area contributed by atoms with Gasteiger partial charge in [0.2, 0.25) is 0 Å². The maximum Gasteiger partial charge on any atom is 0.328 e. The third-order valence-electron chi connectivity index (χ3n) is 4.23. The summed E-state index contributed by atoms with van der Waals surface area (Å²) in [4.78, 5) is 23.0. The number of aliphatic carboxylic acids is 2. The lowest BCUT2D eigenvalue weighted by molar-refractivity contribution is -0.134. The fourth-order valence-electron chi connectivity index (χ4n) is 2.78. The van der Waals surface area contributed by atoms with Gasteiger partial charge in [-0.25, -0.2) is 26.4 Å². The zero-order valence-corrected chi connectivity index (χ0v) is 19.0. The molecule has 0 saturated heterocycles. The zero-order chi connectivity index (χ0) is 25.3. The van der Waals surface area contributed by atoms with Crippen LogP contribution in [0.25, 0.3) is 11.3 Å². The van der Waals surface area contributed by atoms with Crippen molar-refractivity contribution in [2.24, 2.45) is 0 Å². The van der Waals surface area contributed by atoms with Crippen molar-refractivity contribution in [3.63, 3.8) is 0 Å². The summed E-state index contributed by atoms with van der Waals surface area (Å²) < 4.78 is 46.8. The summed E-state index contributed by atoms with van der Waals surface area (Å²) >= 11 is 0. The molecule has 0 aliphatic rings. The van der Waals surface area contributed by atoms with Gasteiger partial charge in [-0.1, -0.05) is 0 Å². The lowest BCUT2D eigenvalue weighted by atomic mass is 10.1. The Morgan fingerprint density at radius 3 is 2.38 bits per heavy atom. The van der Waals surface area contributed by atoms with E-state index < -0.39 is 27.8 Å². The normalized spacial score (nSPS) is 11.0. The van der Waals surface area contributed by atoms with E-state index in [4.69, 9.17) is 14.9 Å². The molecule has 180 valence electrons. The van der Waals surface area contributed by atoms with Crippen LogP contribution in [-0.4, -0.2) is 53.7 Å². The van der Waals surface area contributed by atoms with Gasteiger partial charge in [0.05, 0.1) is 12.8 Å². The topological polar surface area (TPSA) is 148 Å². The number of nitrogens with zero attached hydrogens (tertiary/aromatic N) is 2. The lowest BCUT2D eigenvalue weighted by Gasteiger charge is -2.12. The molecule has 0 saturated carbocycles. The van der Waals surface area contributed by atoms with Gasteiger partial charge in [0.15, 0.2) is 0 Å². The van der Waals surface area contributed by atoms with Gasteiger partial charge in [-0.15, -0.1) is 0 Å². The number of carbonyl (C=O) groups is 2. The molecule has 0 spiro atoms. The molecule has 0 radical (unpaired) electrons. The summed E-state index contributed by atoms with van der Waals surface area (Å²) in [6.45, 7) is 0.439. The molecule has 34 heavy (non-hydrogen) atoms. The highest BCUT2D eigenvalue weighted by Gasteiger charge is 2.23. The maximum absolute atomic E-state index is 14.5. The van der Waals surface area contributed by atoms with E-state index in [0.29, 0.717) is 30.0 Å². The molecule has 10 nitrogen and oxygen atoms in total. The Hall–Kier alpha value is -4.03. The predicted octanol–water partition coefficient (Wildman–Crippen LogP) is 2.37. The van der Waals surface area contributed by atoms with Gasteiger partial charge in [-0.3, -0.25) is 4.98 Å². The fourth-order valence-corrected chi connectivity index (χ4v) is 4.13. The molecule has 3 N–H and O–H groups in total. The SMILES string of the molecule is CNCc1cc(-c2cc(OC)ccc2F)n(S(=O)(=O)c2cccnc2)c1.O=C(O)C=CC(=O)O. The molecular weight excluding hydrogens is 469 g/mol. The molecule has 2 aromatic heterocycles. The number of benzene rings is 1. The minimum absolute atomic E-state index is 0.0242. The Morgan fingerprint density at radius 1 is 1.18 bits per heavy atom. The highest BCUT2D eigenvalue weighted by Crippen LogP contribution is 2.31. The van der Waals surface area contributed by atoms with Crippen molar-refractivity contribution in [2.45, 2.75) is 11.4 Å². The van der Waals surface area contributed by atoms with Crippen molar-refractivity contribution in [3.8, 4) is 17.0 Å². The Labute approximate surface area is 195 Å². The summed E-state index contributed by atoms with van der Waals surface area (Å²) in [5, 5.41) is 18.6. The molecule has 3 rings (SSSR count). The molecule has 3 aromatic rings. The second-order valence-electron chi connectivity index (χ2n) is 6.61. The maximum atomic E-state index is 14.5. The second-order valence-corrected chi connectivity index (χ2v) is 8.42. The van der Waals surface area contributed by atoms with Gasteiger partial charge < -0.3 is 20.3 Å². The molecule has 0 bridgehead atoms. The molecule has 0 amide bonds. The van der Waals surface area contributed by atoms with E-state index in [1.807, 2.05) is 0 Å². The van der Waals surface area contributed by atoms with Gasteiger partial charge in [-0.05, 0) is 49.0 Å². The number of ether oxygens (including phenoxy) is 1. The van der Waals surface area contributed by atoms with Gasteiger partial charge in [0.25, 0.3) is 10.0 Å². The first kappa shape index (κ1) is 26.2. The standard InChI is InChI=1S/C18H18FN3O3S.C4H4O4/c1-20-10-13-8-18(16-9-14(25-2)5-6-17(16)19)22(12-13)26(23,24)15-4-3-7-21-11-15;5-3(6)1-2-4(7)8/h3-9,11-12,20H,10H2,1-2H3;1-2H,(H,5,6)(H,7,8). The van der Waals surface area contributed by atoms with E-state index in [0.717, 1.165) is 3.97 Å². The van der Waals surface area contributed by atoms with Crippen LogP contribution in [0.15, 0.2) is 72.0 Å². The van der Waals surface area contributed by atoms with Crippen molar-refractivity contribution >= 4 is 22.0 Å². The Balaban J connectivity index is 0.000000440. The first-order valence-corrected chi connectivity index (χ1v) is 11.0. The van der Waals surface area contributed by atoms with Crippen LogP contribution in [0, 0.1) is 5.82 Å². The van der Waals surface area contributed by atoms with Crippen LogP contribution in [0.2, 0.25) is 0 Å². The number of rotatable bonds is 8. The highest BCUT2D eigenvalue weighted by molar-refractivity contribution is 7.90. The van der Waals surface area contributed by atoms with E-state index in [9.17, 15) is 22.4 Å². The molecule has 0 atom stereocenters. The van der Waals surface area contributed by atoms with Crippen LogP contribution in [-0.2, 0) is 26.2 Å². The molecule has 0 aliphatic carbocycles. The quantitative estimate of drug-likeness (QED) is 0.404. The van der Waals surface area contributed by atoms with Crippen molar-refractivity contribution < 1.29 is 37.3 Å². The highest BCUT2D eigenvalue weighted by atomic mass is 32.2. The average Bonchev–Trinajstić information content (AvgIpc) is 3.24. The molecule has 1 aromatic carbocycles. The van der Waals surface area contributed by atoms with Crippen molar-refractivity contribution in [2.75, 3.05) is 14.2 Å². The Kier molecular flexibility index (Phi) is 9.04. The zero-order valence-electron chi connectivity index (χ0n) is 18.2. The van der Waals surface area contributed by atoms with Crippen molar-refractivity contribution in [1.82, 2.24) is 14.3 Å². The van der Waals surface area contributed by atoms with E-state index >= 15 is 0 Å². The van der Waals surface area contributed by atoms with E-state index in [1.165, 1.54) is 56.0 Å². The molecule has 12 heteroatoms. The number of hydrogen-bond acceptors (Lipinski definition) is 7. The Morgan fingerprint density at radius 2 is 1.85 bits per heavy atom. The third-order valence-corrected chi connectivity index (χ3v) is 5.89. The van der Waals surface area contributed by atoms with Crippen LogP contribution < -0.4 is 10.1 Å². The Bertz CT molecular complexity index is 1270. The van der Waals surface area contributed by atoms with Crippen LogP contribution in [0.5, 0.6) is 5.75 Å². The minimum atomic E-state index is -3.93. The number of aromatic nitrogens is 2. The number of carboxylic acids is 2. The molecule has 0 fully saturated rings. The van der Waals surface area contributed by atoms with Crippen molar-refractivity contribution in [3.05, 3.63) is 78.5 Å². The lowest BCUT2D eigenvalue weighted by Crippen LogP contribution is -2.14. The van der Waals surface area contributed by atoms with E-state index in [1.54, 1.807) is 13.1 Å². The summed E-state index contributed by atoms with van der Waals surface area (Å²) in [7, 11) is -0.717. The second kappa shape index (κ2) is 11.7. The average molecular weight is 491 g/mol. The summed E-state index contributed by atoms with van der Waals surface area (Å²) in [6.07, 6.45) is 5.35. The predicted molar refractivity (Wildman–Crippen MR) is 120 cm³/mol. The van der Waals surface area contributed by atoms with Gasteiger partial charge in [0.1, 0.15) is 16.5 Å². The van der Waals surface area contributed by atoms with Gasteiger partial charge in [0, 0.05) is 42.9 Å². The minimum Gasteiger partial charge on any atom is -0.497 e. The first-order chi connectivity index (χ1) is 16.1. The number of methoxy groups -OCH3 is 1. The van der Waals surface area contributed by atoms with Gasteiger partial charge in [-0.2, -0.15) is 0 Å². The van der Waals surface area contributed by atoms with Gasteiger partial charge >= 0.3 is 11.9 Å². The monoisotopic (exact) mass is 491 g/mol. The summed E-state index contributed by atoms with van der Waals surface area (Å²) in [6, 6.07) is 8.84. The molecule has 0 aliphatic heterocycles. The molecule has 0 unspecified atom stereocenters. The van der Waals surface area contributed by atoms with Crippen LogP contribution in [0.4, 0.5) is 4.39 Å². The summed E-state index contributed by atoms with van der Waals surface area (Å²) in [5.74, 6) is -2.62. The van der Waals surface area contributed by atoms with Crippen LogP contribution in [0.1, 0.15) is 5.56 Å². The number of nitrogens with one attached hydrogen (secondary N) is 1. The van der Waals surface area contributed by atoms with E-state index in [2.05, 4.69) is 10.3 Å². The van der Waals surface area contributed by atoms with Crippen molar-refractivity contribution in [1.29, 1.82) is 0 Å². The third kappa shape index (κ3) is 6.73. The largest absolute Gasteiger partial charge is 0.497 e. The number of pyridine rings is 1. The first-order valence-electron chi connectivity index (χ1n) is 9.59. The summed E-state index contributed by atoms with van der Waals surface area (Å²) in [5.41, 5.74) is 1.06. The smallest absolute Gasteiger partial charge is 0.328 e. The van der Waals surface area contributed by atoms with E-state index in [-0.39, 0.29) is 16.2 Å². The van der Waals surface area contributed by atoms with Crippen LogP contribution in [0.3, 0.4) is 0 Å². The van der Waals surface area contributed by atoms with Crippen LogP contribution >= 0.6 is 0 Å². The number of carboxylic acid groups (broad SMARTS) is 2. The number of halogens is 1. The fraction of sp³-hybridized carbons (Fsp3) is 0.136. The molecular formula is C22H22FN3O7S. The molecule has 2 heterocycles. The number of hydrogen-bond donors (Lipinski definition) is 3.